The molecule has 0 spiro atoms. The van der Waals surface area contributed by atoms with Crippen molar-refractivity contribution in [3.05, 3.63) is 40.8 Å². The second-order valence-corrected chi connectivity index (χ2v) is 11.7. The molecule has 37 heavy (non-hydrogen) atoms. The lowest BCUT2D eigenvalue weighted by Crippen LogP contribution is -2.74. The predicted octanol–water partition coefficient (Wildman–Crippen LogP) is 2.88. The van der Waals surface area contributed by atoms with Crippen LogP contribution in [0, 0.1) is 0 Å². The van der Waals surface area contributed by atoms with Crippen LogP contribution < -0.4 is 10.1 Å². The van der Waals surface area contributed by atoms with Crippen molar-refractivity contribution < 1.29 is 28.7 Å². The molecule has 0 saturated carbocycles. The molecule has 0 aromatic heterocycles. The average molecular weight is 532 g/mol. The highest BCUT2D eigenvalue weighted by Gasteiger charge is 2.57. The number of carbonyl (C=O) groups is 4. The number of benzene rings is 1. The fourth-order valence-corrected chi connectivity index (χ4v) is 5.74. The second-order valence-electron chi connectivity index (χ2n) is 10.8. The number of fused-ring (bicyclic) bond motifs is 1. The SMILES string of the molecule is COc1ccc(CC(=O)NC2C(=O)N3C(C(=O)OC(C)(C)C)C(C(=O)N(C(C)C)C(C)C)=CS[C@@H]23)cc1. The summed E-state index contributed by atoms with van der Waals surface area (Å²) in [6, 6.07) is 4.92. The van der Waals surface area contributed by atoms with Gasteiger partial charge in [-0.15, -0.1) is 11.8 Å². The van der Waals surface area contributed by atoms with Gasteiger partial charge in [-0.2, -0.15) is 0 Å². The van der Waals surface area contributed by atoms with Crippen molar-refractivity contribution in [3.8, 4) is 5.75 Å². The molecule has 2 aliphatic rings. The van der Waals surface area contributed by atoms with Crippen LogP contribution in [0.1, 0.15) is 54.0 Å². The van der Waals surface area contributed by atoms with Crippen LogP contribution in [0.15, 0.2) is 35.2 Å². The van der Waals surface area contributed by atoms with E-state index in [1.165, 1.54) is 16.7 Å². The minimum absolute atomic E-state index is 0.0952. The van der Waals surface area contributed by atoms with E-state index in [0.29, 0.717) is 5.75 Å². The number of amides is 3. The fourth-order valence-electron chi connectivity index (χ4n) is 4.53. The summed E-state index contributed by atoms with van der Waals surface area (Å²) in [5.41, 5.74) is 0.176. The molecule has 3 atom stereocenters. The zero-order valence-corrected chi connectivity index (χ0v) is 23.5. The first-order valence-electron chi connectivity index (χ1n) is 12.4. The van der Waals surface area contributed by atoms with Crippen molar-refractivity contribution in [2.24, 2.45) is 0 Å². The van der Waals surface area contributed by atoms with E-state index in [1.807, 2.05) is 27.7 Å². The van der Waals surface area contributed by atoms with E-state index in [1.54, 1.807) is 62.5 Å². The van der Waals surface area contributed by atoms with Crippen LogP contribution in [0.3, 0.4) is 0 Å². The van der Waals surface area contributed by atoms with Crippen LogP contribution in [-0.4, -0.2) is 75.7 Å². The maximum Gasteiger partial charge on any atom is 0.334 e. The summed E-state index contributed by atoms with van der Waals surface area (Å²) in [5, 5.41) is 3.92. The van der Waals surface area contributed by atoms with Crippen LogP contribution in [0.2, 0.25) is 0 Å². The molecule has 202 valence electrons. The molecule has 1 aromatic carbocycles. The Bertz CT molecular complexity index is 1070. The van der Waals surface area contributed by atoms with Gasteiger partial charge in [0.25, 0.3) is 5.91 Å². The van der Waals surface area contributed by atoms with Crippen LogP contribution in [-0.2, 0) is 30.3 Å². The second kappa shape index (κ2) is 11.2. The molecule has 3 amide bonds. The first-order chi connectivity index (χ1) is 17.2. The topological polar surface area (TPSA) is 105 Å². The largest absolute Gasteiger partial charge is 0.497 e. The fraction of sp³-hybridized carbons (Fsp3) is 0.556. The Morgan fingerprint density at radius 2 is 1.68 bits per heavy atom. The number of esters is 1. The van der Waals surface area contributed by atoms with Gasteiger partial charge >= 0.3 is 5.97 Å². The molecule has 1 saturated heterocycles. The average Bonchev–Trinajstić information content (AvgIpc) is 2.80. The van der Waals surface area contributed by atoms with E-state index < -0.39 is 34.9 Å². The maximum atomic E-state index is 13.6. The maximum absolute atomic E-state index is 13.6. The Balaban J connectivity index is 1.82. The van der Waals surface area contributed by atoms with Gasteiger partial charge in [-0.1, -0.05) is 12.1 Å². The molecular formula is C27H37N3O6S. The normalized spacial score (nSPS) is 21.1. The van der Waals surface area contributed by atoms with Crippen LogP contribution in [0.5, 0.6) is 5.75 Å². The molecule has 2 aliphatic heterocycles. The monoisotopic (exact) mass is 531 g/mol. The number of ether oxygens (including phenoxy) is 2. The van der Waals surface area contributed by atoms with Crippen molar-refractivity contribution in [3.63, 3.8) is 0 Å². The van der Waals surface area contributed by atoms with Crippen LogP contribution >= 0.6 is 11.8 Å². The van der Waals surface area contributed by atoms with Gasteiger partial charge in [0.15, 0.2) is 6.04 Å². The summed E-state index contributed by atoms with van der Waals surface area (Å²) in [7, 11) is 1.57. The third kappa shape index (κ3) is 6.29. The van der Waals surface area contributed by atoms with Crippen molar-refractivity contribution in [2.75, 3.05) is 7.11 Å². The molecule has 0 bridgehead atoms. The highest BCUT2D eigenvalue weighted by molar-refractivity contribution is 8.03. The van der Waals surface area contributed by atoms with Gasteiger partial charge in [-0.3, -0.25) is 14.4 Å². The van der Waals surface area contributed by atoms with Gasteiger partial charge in [-0.25, -0.2) is 4.79 Å². The predicted molar refractivity (Wildman–Crippen MR) is 142 cm³/mol. The van der Waals surface area contributed by atoms with Crippen molar-refractivity contribution >= 4 is 35.5 Å². The van der Waals surface area contributed by atoms with E-state index in [-0.39, 0.29) is 35.9 Å². The Morgan fingerprint density at radius 1 is 1.08 bits per heavy atom. The van der Waals surface area contributed by atoms with Crippen LogP contribution in [0.25, 0.3) is 0 Å². The molecule has 2 unspecified atom stereocenters. The molecule has 3 rings (SSSR count). The third-order valence-electron chi connectivity index (χ3n) is 6.05. The Hall–Kier alpha value is -3.01. The summed E-state index contributed by atoms with van der Waals surface area (Å²) in [6.07, 6.45) is 0.0952. The summed E-state index contributed by atoms with van der Waals surface area (Å²) in [5.74, 6) is -1.02. The molecule has 9 nitrogen and oxygen atoms in total. The first-order valence-corrected chi connectivity index (χ1v) is 13.3. The van der Waals surface area contributed by atoms with Gasteiger partial charge < -0.3 is 24.6 Å². The van der Waals surface area contributed by atoms with Crippen molar-refractivity contribution in [1.29, 1.82) is 0 Å². The van der Waals surface area contributed by atoms with E-state index in [9.17, 15) is 19.2 Å². The smallest absolute Gasteiger partial charge is 0.334 e. The molecular weight excluding hydrogens is 494 g/mol. The number of methoxy groups -OCH3 is 1. The molecule has 1 aromatic rings. The number of thioether (sulfide) groups is 1. The summed E-state index contributed by atoms with van der Waals surface area (Å²) in [4.78, 5) is 55.9. The van der Waals surface area contributed by atoms with Gasteiger partial charge in [0.2, 0.25) is 11.8 Å². The van der Waals surface area contributed by atoms with Gasteiger partial charge in [-0.05, 0) is 71.6 Å². The minimum Gasteiger partial charge on any atom is -0.497 e. The molecule has 0 aliphatic carbocycles. The number of rotatable bonds is 8. The summed E-state index contributed by atoms with van der Waals surface area (Å²) >= 11 is 1.25. The van der Waals surface area contributed by atoms with Crippen molar-refractivity contribution in [1.82, 2.24) is 15.1 Å². The zero-order chi connectivity index (χ0) is 27.7. The number of nitrogens with zero attached hydrogens (tertiary/aromatic N) is 2. The standard InChI is InChI=1S/C27H37N3O6S/c1-15(2)29(16(3)4)23(32)19-14-37-25-21(24(33)30(25)22(19)26(34)36-27(5,6)7)28-20(31)13-17-9-11-18(35-8)12-10-17/h9-12,14-16,21-22,25H,13H2,1-8H3,(H,28,31)/t21?,22?,25-/m0/s1. The highest BCUT2D eigenvalue weighted by Crippen LogP contribution is 2.41. The number of nitrogens with one attached hydrogen (secondary N) is 1. The summed E-state index contributed by atoms with van der Waals surface area (Å²) in [6.45, 7) is 12.8. The quantitative estimate of drug-likeness (QED) is 0.406. The minimum atomic E-state index is -1.18. The van der Waals surface area contributed by atoms with Crippen LogP contribution in [0.4, 0.5) is 0 Å². The van der Waals surface area contributed by atoms with E-state index >= 15 is 0 Å². The van der Waals surface area contributed by atoms with Crippen molar-refractivity contribution in [2.45, 2.75) is 90.0 Å². The van der Waals surface area contributed by atoms with E-state index in [2.05, 4.69) is 5.32 Å². The zero-order valence-electron chi connectivity index (χ0n) is 22.7. The van der Waals surface area contributed by atoms with Gasteiger partial charge in [0.05, 0.1) is 19.1 Å². The lowest BCUT2D eigenvalue weighted by molar-refractivity contribution is -0.171. The number of hydrogen-bond donors (Lipinski definition) is 1. The van der Waals surface area contributed by atoms with E-state index in [0.717, 1.165) is 5.56 Å². The first kappa shape index (κ1) is 28.6. The molecule has 10 heteroatoms. The number of hydrogen-bond acceptors (Lipinski definition) is 7. The van der Waals surface area contributed by atoms with E-state index in [4.69, 9.17) is 9.47 Å². The Labute approximate surface area is 222 Å². The lowest BCUT2D eigenvalue weighted by atomic mass is 9.96. The lowest BCUT2D eigenvalue weighted by Gasteiger charge is -2.52. The molecule has 1 fully saturated rings. The van der Waals surface area contributed by atoms with Gasteiger partial charge in [0.1, 0.15) is 22.8 Å². The number of carbonyl (C=O) groups excluding carboxylic acids is 4. The van der Waals surface area contributed by atoms with Gasteiger partial charge in [0, 0.05) is 12.1 Å². The Morgan fingerprint density at radius 3 is 2.19 bits per heavy atom. The highest BCUT2D eigenvalue weighted by atomic mass is 32.2. The molecule has 0 radical (unpaired) electrons. The third-order valence-corrected chi connectivity index (χ3v) is 7.22. The molecule has 1 N–H and O–H groups in total. The Kier molecular flexibility index (Phi) is 8.62. The summed E-state index contributed by atoms with van der Waals surface area (Å²) < 4.78 is 10.8. The molecule has 2 heterocycles. The number of β-lactam (4-membered cyclic amide) rings is 1.